The van der Waals surface area contributed by atoms with Crippen LogP contribution in [0.5, 0.6) is 5.75 Å². The van der Waals surface area contributed by atoms with Crippen molar-refractivity contribution in [1.29, 1.82) is 0 Å². The zero-order valence-corrected chi connectivity index (χ0v) is 17.3. The van der Waals surface area contributed by atoms with Gasteiger partial charge in [0.2, 0.25) is 0 Å². The van der Waals surface area contributed by atoms with Gasteiger partial charge < -0.3 is 14.8 Å². The minimum absolute atomic E-state index is 0.182. The lowest BCUT2D eigenvalue weighted by atomic mass is 10.2. The molecule has 0 radical (unpaired) electrons. The maximum Gasteiger partial charge on any atom is 0.293 e. The van der Waals surface area contributed by atoms with Crippen molar-refractivity contribution in [2.75, 3.05) is 32.2 Å². The number of carbonyl (C=O) groups excluding carboxylic acids is 3. The Morgan fingerprint density at radius 2 is 1.83 bits per heavy atom. The van der Waals surface area contributed by atoms with Crippen LogP contribution in [0.2, 0.25) is 0 Å². The number of nitrogens with zero attached hydrogens (tertiary/aromatic N) is 1. The zero-order chi connectivity index (χ0) is 21.3. The van der Waals surface area contributed by atoms with Crippen LogP contribution >= 0.6 is 11.8 Å². The first-order valence-corrected chi connectivity index (χ1v) is 10.2. The van der Waals surface area contributed by atoms with E-state index in [2.05, 4.69) is 5.32 Å². The first kappa shape index (κ1) is 21.6. The van der Waals surface area contributed by atoms with Crippen LogP contribution in [-0.4, -0.2) is 48.8 Å². The van der Waals surface area contributed by atoms with Crippen LogP contribution in [0.15, 0.2) is 59.5 Å². The lowest BCUT2D eigenvalue weighted by molar-refractivity contribution is -0.123. The molecule has 1 saturated heterocycles. The van der Waals surface area contributed by atoms with Crippen LogP contribution in [0, 0.1) is 0 Å². The highest BCUT2D eigenvalue weighted by Gasteiger charge is 2.34. The Morgan fingerprint density at radius 3 is 2.60 bits per heavy atom. The predicted octanol–water partition coefficient (Wildman–Crippen LogP) is 3.78. The molecular weight excluding hydrogens is 404 g/mol. The fourth-order valence-corrected chi connectivity index (χ4v) is 3.65. The van der Waals surface area contributed by atoms with Crippen molar-refractivity contribution in [3.05, 3.63) is 65.1 Å². The monoisotopic (exact) mass is 426 g/mol. The normalized spacial score (nSPS) is 15.0. The molecule has 1 aliphatic rings. The summed E-state index contributed by atoms with van der Waals surface area (Å²) in [6.07, 6.45) is 2.20. The average molecular weight is 426 g/mol. The number of hydrogen-bond acceptors (Lipinski definition) is 6. The quantitative estimate of drug-likeness (QED) is 0.485. The second-order valence-corrected chi connectivity index (χ2v) is 7.41. The first-order chi connectivity index (χ1) is 14.6. The van der Waals surface area contributed by atoms with Crippen LogP contribution < -0.4 is 10.1 Å². The number of nitrogens with one attached hydrogen (secondary N) is 1. The Morgan fingerprint density at radius 1 is 1.10 bits per heavy atom. The standard InChI is InChI=1S/C22H22N2O5S/c1-28-13-7-12-24-21(26)19(30-22(24)27)14-16-8-5-6-11-18(16)29-15-20(25)23-17-9-3-2-4-10-17/h2-6,8-11,14H,7,12-13,15H2,1H3,(H,23,25)/b19-14+. The summed E-state index contributed by atoms with van der Waals surface area (Å²) in [6.45, 7) is 0.606. The molecule has 1 aliphatic heterocycles. The van der Waals surface area contributed by atoms with E-state index < -0.39 is 0 Å². The molecule has 2 aromatic rings. The molecule has 0 bridgehead atoms. The van der Waals surface area contributed by atoms with E-state index in [1.165, 1.54) is 4.90 Å². The molecule has 1 N–H and O–H groups in total. The maximum atomic E-state index is 12.6. The van der Waals surface area contributed by atoms with Crippen molar-refractivity contribution >= 4 is 40.6 Å². The Kier molecular flexibility index (Phi) is 7.64. The summed E-state index contributed by atoms with van der Waals surface area (Å²) in [7, 11) is 1.57. The Balaban J connectivity index is 1.65. The molecule has 8 heteroatoms. The van der Waals surface area contributed by atoms with E-state index in [0.717, 1.165) is 11.8 Å². The van der Waals surface area contributed by atoms with Gasteiger partial charge >= 0.3 is 0 Å². The molecule has 7 nitrogen and oxygen atoms in total. The average Bonchev–Trinajstić information content (AvgIpc) is 3.01. The molecule has 1 fully saturated rings. The third-order valence-corrected chi connectivity index (χ3v) is 5.13. The summed E-state index contributed by atoms with van der Waals surface area (Å²) in [5.74, 6) is -0.181. The van der Waals surface area contributed by atoms with Crippen molar-refractivity contribution in [1.82, 2.24) is 4.90 Å². The SMILES string of the molecule is COCCCN1C(=O)S/C(=C/c2ccccc2OCC(=O)Nc2ccccc2)C1=O. The fraction of sp³-hybridized carbons (Fsp3) is 0.227. The van der Waals surface area contributed by atoms with Gasteiger partial charge in [-0.05, 0) is 42.5 Å². The number of thioether (sulfide) groups is 1. The Labute approximate surface area is 179 Å². The highest BCUT2D eigenvalue weighted by Crippen LogP contribution is 2.34. The molecule has 0 unspecified atom stereocenters. The van der Waals surface area contributed by atoms with Crippen molar-refractivity contribution in [2.24, 2.45) is 0 Å². The number of anilines is 1. The van der Waals surface area contributed by atoms with Gasteiger partial charge in [-0.1, -0.05) is 36.4 Å². The summed E-state index contributed by atoms with van der Waals surface area (Å²) in [4.78, 5) is 38.4. The van der Waals surface area contributed by atoms with E-state index in [0.29, 0.717) is 41.5 Å². The molecule has 1 heterocycles. The molecular formula is C22H22N2O5S. The van der Waals surface area contributed by atoms with Crippen LogP contribution in [-0.2, 0) is 14.3 Å². The summed E-state index contributed by atoms with van der Waals surface area (Å²) in [5, 5.41) is 2.45. The number of hydrogen-bond donors (Lipinski definition) is 1. The van der Waals surface area contributed by atoms with Gasteiger partial charge in [0.25, 0.3) is 17.1 Å². The van der Waals surface area contributed by atoms with Crippen molar-refractivity contribution < 1.29 is 23.9 Å². The molecule has 156 valence electrons. The second-order valence-electron chi connectivity index (χ2n) is 6.42. The molecule has 0 spiro atoms. The third kappa shape index (κ3) is 5.71. The molecule has 0 aromatic heterocycles. The second kappa shape index (κ2) is 10.6. The number of methoxy groups -OCH3 is 1. The molecule has 2 aromatic carbocycles. The van der Waals surface area contributed by atoms with Gasteiger partial charge in [0.05, 0.1) is 4.91 Å². The van der Waals surface area contributed by atoms with Gasteiger partial charge in [-0.25, -0.2) is 0 Å². The van der Waals surface area contributed by atoms with Crippen LogP contribution in [0.25, 0.3) is 6.08 Å². The minimum Gasteiger partial charge on any atom is -0.483 e. The van der Waals surface area contributed by atoms with Crippen molar-refractivity contribution in [3.63, 3.8) is 0 Å². The molecule has 3 rings (SSSR count). The minimum atomic E-state index is -0.335. The van der Waals surface area contributed by atoms with E-state index in [-0.39, 0.29) is 23.7 Å². The van der Waals surface area contributed by atoms with E-state index in [4.69, 9.17) is 9.47 Å². The van der Waals surface area contributed by atoms with Gasteiger partial charge in [0, 0.05) is 31.5 Å². The van der Waals surface area contributed by atoms with E-state index in [9.17, 15) is 14.4 Å². The smallest absolute Gasteiger partial charge is 0.293 e. The number of carbonyl (C=O) groups is 3. The van der Waals surface area contributed by atoms with Crippen LogP contribution in [0.4, 0.5) is 10.5 Å². The fourth-order valence-electron chi connectivity index (χ4n) is 2.79. The highest BCUT2D eigenvalue weighted by atomic mass is 32.2. The van der Waals surface area contributed by atoms with Gasteiger partial charge in [-0.2, -0.15) is 0 Å². The number of imide groups is 1. The molecule has 0 saturated carbocycles. The summed E-state index contributed by atoms with van der Waals surface area (Å²) in [5.41, 5.74) is 1.30. The molecule has 0 atom stereocenters. The van der Waals surface area contributed by atoms with Crippen LogP contribution in [0.1, 0.15) is 12.0 Å². The summed E-state index contributed by atoms with van der Waals surface area (Å²) >= 11 is 0.892. The first-order valence-electron chi connectivity index (χ1n) is 9.39. The topological polar surface area (TPSA) is 84.9 Å². The largest absolute Gasteiger partial charge is 0.483 e. The van der Waals surface area contributed by atoms with Crippen molar-refractivity contribution in [3.8, 4) is 5.75 Å². The maximum absolute atomic E-state index is 12.6. The number of ether oxygens (including phenoxy) is 2. The number of para-hydroxylation sites is 2. The molecule has 30 heavy (non-hydrogen) atoms. The lowest BCUT2D eigenvalue weighted by Crippen LogP contribution is -2.29. The summed E-state index contributed by atoms with van der Waals surface area (Å²) < 4.78 is 10.6. The van der Waals surface area contributed by atoms with E-state index in [1.807, 2.05) is 18.2 Å². The van der Waals surface area contributed by atoms with E-state index >= 15 is 0 Å². The third-order valence-electron chi connectivity index (χ3n) is 4.23. The van der Waals surface area contributed by atoms with Gasteiger partial charge in [0.1, 0.15) is 5.75 Å². The lowest BCUT2D eigenvalue weighted by Gasteiger charge is -2.11. The summed E-state index contributed by atoms with van der Waals surface area (Å²) in [6, 6.07) is 16.1. The van der Waals surface area contributed by atoms with Gasteiger partial charge in [-0.3, -0.25) is 19.3 Å². The highest BCUT2D eigenvalue weighted by molar-refractivity contribution is 8.18. The van der Waals surface area contributed by atoms with Gasteiger partial charge in [-0.15, -0.1) is 0 Å². The van der Waals surface area contributed by atoms with E-state index in [1.54, 1.807) is 49.6 Å². The predicted molar refractivity (Wildman–Crippen MR) is 116 cm³/mol. The van der Waals surface area contributed by atoms with Crippen LogP contribution in [0.3, 0.4) is 0 Å². The zero-order valence-electron chi connectivity index (χ0n) is 16.5. The Bertz CT molecular complexity index is 946. The van der Waals surface area contributed by atoms with Gasteiger partial charge in [0.15, 0.2) is 6.61 Å². The van der Waals surface area contributed by atoms with Crippen molar-refractivity contribution in [2.45, 2.75) is 6.42 Å². The number of benzene rings is 2. The number of amides is 3. The number of rotatable bonds is 9. The Hall–Kier alpha value is -3.10. The molecule has 3 amide bonds. The molecule has 0 aliphatic carbocycles.